The number of amides is 4. The summed E-state index contributed by atoms with van der Waals surface area (Å²) in [7, 11) is 0. The average Bonchev–Trinajstić information content (AvgIpc) is 3.60. The van der Waals surface area contributed by atoms with Gasteiger partial charge in [0.15, 0.2) is 0 Å². The fraction of sp³-hybridized carbons (Fsp3) is 0.478. The van der Waals surface area contributed by atoms with Crippen LogP contribution in [0, 0.1) is 5.92 Å². The van der Waals surface area contributed by atoms with Crippen LogP contribution in [0.1, 0.15) is 31.2 Å². The molecule has 1 aliphatic carbocycles. The quantitative estimate of drug-likeness (QED) is 0.543. The van der Waals surface area contributed by atoms with Crippen molar-refractivity contribution in [1.29, 1.82) is 0 Å². The van der Waals surface area contributed by atoms with Gasteiger partial charge in [-0.3, -0.25) is 29.0 Å². The molecule has 10 heteroatoms. The Morgan fingerprint density at radius 3 is 2.55 bits per heavy atom. The number of likely N-dealkylation sites (tertiary alicyclic amines) is 1. The van der Waals surface area contributed by atoms with Crippen molar-refractivity contribution in [3.8, 4) is 0 Å². The SMILES string of the molecule is O=C(CN1CCC(NC(=O)C2CC2)CC1)NCCN1C(=O)S/C(=C\c2ccccc2Cl)C1=O. The van der Waals surface area contributed by atoms with E-state index in [2.05, 4.69) is 15.5 Å². The first-order valence-corrected chi connectivity index (χ1v) is 12.4. The molecule has 0 atom stereocenters. The zero-order chi connectivity index (χ0) is 23.4. The normalized spacial score (nSPS) is 21.0. The minimum absolute atomic E-state index is 0.117. The largest absolute Gasteiger partial charge is 0.353 e. The Balaban J connectivity index is 1.17. The zero-order valence-corrected chi connectivity index (χ0v) is 19.8. The Morgan fingerprint density at radius 1 is 1.12 bits per heavy atom. The summed E-state index contributed by atoms with van der Waals surface area (Å²) in [5.41, 5.74) is 0.675. The van der Waals surface area contributed by atoms with Gasteiger partial charge in [0.2, 0.25) is 11.8 Å². The molecule has 1 aromatic carbocycles. The van der Waals surface area contributed by atoms with Gasteiger partial charge >= 0.3 is 0 Å². The molecule has 2 heterocycles. The summed E-state index contributed by atoms with van der Waals surface area (Å²) in [6.45, 7) is 2.07. The number of nitrogens with zero attached hydrogens (tertiary/aromatic N) is 2. The predicted molar refractivity (Wildman–Crippen MR) is 127 cm³/mol. The molecule has 3 aliphatic rings. The molecule has 3 fully saturated rings. The van der Waals surface area contributed by atoms with E-state index in [1.54, 1.807) is 24.3 Å². The number of nitrogens with one attached hydrogen (secondary N) is 2. The molecule has 176 valence electrons. The van der Waals surface area contributed by atoms with Crippen LogP contribution >= 0.6 is 23.4 Å². The van der Waals surface area contributed by atoms with Gasteiger partial charge in [0.05, 0.1) is 11.4 Å². The van der Waals surface area contributed by atoms with Gasteiger partial charge in [0, 0.05) is 43.2 Å². The molecule has 2 saturated heterocycles. The Hall–Kier alpha value is -2.36. The highest BCUT2D eigenvalue weighted by Crippen LogP contribution is 2.33. The van der Waals surface area contributed by atoms with Crippen LogP contribution in [-0.2, 0) is 14.4 Å². The molecular formula is C23H27ClN4O4S. The van der Waals surface area contributed by atoms with Gasteiger partial charge in [-0.2, -0.15) is 0 Å². The molecular weight excluding hydrogens is 464 g/mol. The van der Waals surface area contributed by atoms with E-state index in [1.165, 1.54) is 0 Å². The van der Waals surface area contributed by atoms with Crippen LogP contribution in [0.3, 0.4) is 0 Å². The van der Waals surface area contributed by atoms with Crippen molar-refractivity contribution in [3.05, 3.63) is 39.8 Å². The van der Waals surface area contributed by atoms with Gasteiger partial charge in [-0.15, -0.1) is 0 Å². The maximum Gasteiger partial charge on any atom is 0.293 e. The van der Waals surface area contributed by atoms with E-state index in [0.29, 0.717) is 15.5 Å². The fourth-order valence-electron chi connectivity index (χ4n) is 3.89. The van der Waals surface area contributed by atoms with E-state index < -0.39 is 0 Å². The number of benzene rings is 1. The van der Waals surface area contributed by atoms with Crippen LogP contribution < -0.4 is 10.6 Å². The van der Waals surface area contributed by atoms with Crippen molar-refractivity contribution in [2.45, 2.75) is 31.7 Å². The van der Waals surface area contributed by atoms with Crippen LogP contribution in [0.2, 0.25) is 5.02 Å². The van der Waals surface area contributed by atoms with E-state index in [4.69, 9.17) is 11.6 Å². The number of hydrogen-bond donors (Lipinski definition) is 2. The average molecular weight is 491 g/mol. The van der Waals surface area contributed by atoms with Gasteiger partial charge in [-0.25, -0.2) is 0 Å². The van der Waals surface area contributed by atoms with Crippen LogP contribution in [0.4, 0.5) is 4.79 Å². The summed E-state index contributed by atoms with van der Waals surface area (Å²) in [5, 5.41) is 6.04. The number of carbonyl (C=O) groups is 4. The minimum atomic E-state index is -0.380. The Kier molecular flexibility index (Phi) is 7.72. The Morgan fingerprint density at radius 2 is 1.85 bits per heavy atom. The monoisotopic (exact) mass is 490 g/mol. The lowest BCUT2D eigenvalue weighted by Crippen LogP contribution is -2.48. The molecule has 4 rings (SSSR count). The number of halogens is 1. The number of thioether (sulfide) groups is 1. The van der Waals surface area contributed by atoms with E-state index in [0.717, 1.165) is 55.4 Å². The second-order valence-electron chi connectivity index (χ2n) is 8.54. The van der Waals surface area contributed by atoms with Crippen molar-refractivity contribution < 1.29 is 19.2 Å². The highest BCUT2D eigenvalue weighted by atomic mass is 35.5. The summed E-state index contributed by atoms with van der Waals surface area (Å²) in [4.78, 5) is 52.6. The van der Waals surface area contributed by atoms with Crippen molar-refractivity contribution in [2.75, 3.05) is 32.7 Å². The maximum absolute atomic E-state index is 12.6. The van der Waals surface area contributed by atoms with Crippen LogP contribution in [0.5, 0.6) is 0 Å². The minimum Gasteiger partial charge on any atom is -0.353 e. The third-order valence-corrected chi connectivity index (χ3v) is 7.22. The molecule has 0 bridgehead atoms. The van der Waals surface area contributed by atoms with Crippen LogP contribution in [0.25, 0.3) is 6.08 Å². The summed E-state index contributed by atoms with van der Waals surface area (Å²) < 4.78 is 0. The molecule has 33 heavy (non-hydrogen) atoms. The van der Waals surface area contributed by atoms with Crippen molar-refractivity contribution >= 4 is 52.4 Å². The summed E-state index contributed by atoms with van der Waals surface area (Å²) in [6, 6.07) is 7.29. The first-order chi connectivity index (χ1) is 15.9. The van der Waals surface area contributed by atoms with Crippen molar-refractivity contribution in [1.82, 2.24) is 20.4 Å². The van der Waals surface area contributed by atoms with E-state index in [9.17, 15) is 19.2 Å². The number of piperidine rings is 1. The molecule has 1 saturated carbocycles. The molecule has 1 aromatic rings. The van der Waals surface area contributed by atoms with Crippen molar-refractivity contribution in [2.24, 2.45) is 5.92 Å². The number of rotatable bonds is 8. The molecule has 2 aliphatic heterocycles. The molecule has 0 aromatic heterocycles. The second kappa shape index (κ2) is 10.7. The summed E-state index contributed by atoms with van der Waals surface area (Å²) in [6.07, 6.45) is 5.28. The Bertz CT molecular complexity index is 973. The van der Waals surface area contributed by atoms with Gasteiger partial charge in [-0.05, 0) is 55.2 Å². The lowest BCUT2D eigenvalue weighted by Gasteiger charge is -2.31. The standard InChI is InChI=1S/C23H27ClN4O4S/c24-18-4-2-1-3-16(18)13-19-22(31)28(23(32)33-19)12-9-25-20(29)14-27-10-7-17(8-11-27)26-21(30)15-5-6-15/h1-4,13,15,17H,5-12,14H2,(H,25,29)(H,26,30)/b19-13-. The predicted octanol–water partition coefficient (Wildman–Crippen LogP) is 2.48. The van der Waals surface area contributed by atoms with Gasteiger partial charge in [0.25, 0.3) is 11.1 Å². The molecule has 0 spiro atoms. The van der Waals surface area contributed by atoms with E-state index in [-0.39, 0.29) is 54.6 Å². The lowest BCUT2D eigenvalue weighted by atomic mass is 10.0. The Labute approximate surface area is 202 Å². The molecule has 8 nitrogen and oxygen atoms in total. The molecule has 2 N–H and O–H groups in total. The first kappa shape index (κ1) is 23.8. The van der Waals surface area contributed by atoms with Crippen LogP contribution in [0.15, 0.2) is 29.2 Å². The van der Waals surface area contributed by atoms with Gasteiger partial charge in [0.1, 0.15) is 0 Å². The molecule has 4 amide bonds. The number of hydrogen-bond acceptors (Lipinski definition) is 6. The summed E-state index contributed by atoms with van der Waals surface area (Å²) >= 11 is 7.00. The zero-order valence-electron chi connectivity index (χ0n) is 18.2. The number of imide groups is 1. The first-order valence-electron chi connectivity index (χ1n) is 11.2. The third kappa shape index (κ3) is 6.37. The fourth-order valence-corrected chi connectivity index (χ4v) is 4.94. The van der Waals surface area contributed by atoms with Gasteiger partial charge < -0.3 is 10.6 Å². The molecule has 0 radical (unpaired) electrons. The van der Waals surface area contributed by atoms with Gasteiger partial charge in [-0.1, -0.05) is 29.8 Å². The topological polar surface area (TPSA) is 98.8 Å². The van der Waals surface area contributed by atoms with Crippen LogP contribution in [-0.4, -0.2) is 71.5 Å². The van der Waals surface area contributed by atoms with Crippen molar-refractivity contribution in [3.63, 3.8) is 0 Å². The smallest absolute Gasteiger partial charge is 0.293 e. The number of carbonyl (C=O) groups excluding carboxylic acids is 4. The molecule has 0 unspecified atom stereocenters. The van der Waals surface area contributed by atoms with E-state index in [1.807, 2.05) is 6.07 Å². The van der Waals surface area contributed by atoms with E-state index >= 15 is 0 Å². The summed E-state index contributed by atoms with van der Waals surface area (Å²) in [5.74, 6) is -0.145. The second-order valence-corrected chi connectivity index (χ2v) is 9.94. The lowest BCUT2D eigenvalue weighted by molar-refractivity contribution is -0.125. The third-order valence-electron chi connectivity index (χ3n) is 5.97. The highest BCUT2D eigenvalue weighted by molar-refractivity contribution is 8.18. The highest BCUT2D eigenvalue weighted by Gasteiger charge is 2.35. The maximum atomic E-state index is 12.6.